The molecular formula is C7H10N2O6S. The molecule has 0 unspecified atom stereocenters. The molecule has 0 aromatic heterocycles. The summed E-state index contributed by atoms with van der Waals surface area (Å²) >= 11 is 0. The van der Waals surface area contributed by atoms with Crippen LogP contribution in [0.2, 0.25) is 0 Å². The molecule has 90 valence electrons. The summed E-state index contributed by atoms with van der Waals surface area (Å²) in [5, 5.41) is 8.54. The average Bonchev–Trinajstić information content (AvgIpc) is 1.99. The summed E-state index contributed by atoms with van der Waals surface area (Å²) in [6.45, 7) is 0. The number of rotatable bonds is 1. The number of nitrogens with two attached hydrogens (primary N) is 2. The van der Waals surface area contributed by atoms with Crippen LogP contribution in [0.3, 0.4) is 0 Å². The smallest absolute Gasteiger partial charge is 0.394 e. The first kappa shape index (κ1) is 14.2. The third-order valence-corrected chi connectivity index (χ3v) is 1.31. The fourth-order valence-electron chi connectivity index (χ4n) is 0.776. The zero-order valence-electron chi connectivity index (χ0n) is 7.86. The van der Waals surface area contributed by atoms with Crippen molar-refractivity contribution in [2.75, 3.05) is 11.5 Å². The molecule has 8 nitrogen and oxygen atoms in total. The molecular weight excluding hydrogens is 240 g/mol. The van der Waals surface area contributed by atoms with Crippen LogP contribution in [-0.4, -0.2) is 28.6 Å². The maximum atomic E-state index is 10.4. The van der Waals surface area contributed by atoms with Crippen molar-refractivity contribution in [2.45, 2.75) is 0 Å². The van der Waals surface area contributed by atoms with Gasteiger partial charge < -0.3 is 16.6 Å². The van der Waals surface area contributed by atoms with Crippen molar-refractivity contribution in [1.82, 2.24) is 0 Å². The van der Waals surface area contributed by atoms with Crippen LogP contribution in [0.5, 0.6) is 0 Å². The Morgan fingerprint density at radius 3 is 1.94 bits per heavy atom. The molecule has 0 spiro atoms. The molecule has 0 radical (unpaired) electrons. The van der Waals surface area contributed by atoms with Gasteiger partial charge in [-0.2, -0.15) is 8.42 Å². The zero-order valence-corrected chi connectivity index (χ0v) is 8.68. The topological polar surface area (TPSA) is 164 Å². The van der Waals surface area contributed by atoms with Gasteiger partial charge in [0.25, 0.3) is 0 Å². The van der Waals surface area contributed by atoms with E-state index in [1.807, 2.05) is 0 Å². The Kier molecular flexibility index (Phi) is 4.69. The van der Waals surface area contributed by atoms with Gasteiger partial charge in [-0.25, -0.2) is 4.79 Å². The van der Waals surface area contributed by atoms with E-state index in [4.69, 9.17) is 34.1 Å². The van der Waals surface area contributed by atoms with Gasteiger partial charge in [0.15, 0.2) is 0 Å². The highest BCUT2D eigenvalue weighted by Gasteiger charge is 2.05. The van der Waals surface area contributed by atoms with E-state index in [2.05, 4.69) is 0 Å². The summed E-state index contributed by atoms with van der Waals surface area (Å²) in [7, 11) is -4.67. The summed E-state index contributed by atoms with van der Waals surface area (Å²) in [6.07, 6.45) is 0. The number of carboxylic acids is 1. The Bertz CT molecular complexity index is 476. The molecule has 9 heteroatoms. The maximum absolute atomic E-state index is 10.4. The second-order valence-electron chi connectivity index (χ2n) is 2.60. The lowest BCUT2D eigenvalue weighted by atomic mass is 10.1. The number of carboxylic acid groups (broad SMARTS) is 1. The molecule has 0 saturated heterocycles. The van der Waals surface area contributed by atoms with Crippen LogP contribution in [0.1, 0.15) is 10.4 Å². The number of anilines is 2. The van der Waals surface area contributed by atoms with E-state index in [9.17, 15) is 4.79 Å². The number of hydrogen-bond donors (Lipinski definition) is 5. The summed E-state index contributed by atoms with van der Waals surface area (Å²) in [5.74, 6) is -1.04. The number of carbonyl (C=O) groups is 1. The molecule has 0 amide bonds. The first-order valence-electron chi connectivity index (χ1n) is 3.69. The number of benzene rings is 1. The number of hydrogen-bond acceptors (Lipinski definition) is 5. The van der Waals surface area contributed by atoms with Crippen LogP contribution >= 0.6 is 0 Å². The minimum absolute atomic E-state index is 0.0826. The third-order valence-electron chi connectivity index (χ3n) is 1.31. The quantitative estimate of drug-likeness (QED) is 0.340. The van der Waals surface area contributed by atoms with E-state index in [-0.39, 0.29) is 11.3 Å². The first-order valence-corrected chi connectivity index (χ1v) is 5.09. The minimum atomic E-state index is -4.67. The monoisotopic (exact) mass is 250 g/mol. The standard InChI is InChI=1S/C7H8N2O2.H2O4S/c8-4-1-2-5(7(10)11)6(9)3-4;1-5(2,3)4/h1-3H,8-9H2,(H,10,11);(H2,1,2,3,4). The number of nitrogen functional groups attached to an aromatic ring is 2. The van der Waals surface area contributed by atoms with Gasteiger partial charge in [0.2, 0.25) is 0 Å². The van der Waals surface area contributed by atoms with E-state index < -0.39 is 16.4 Å². The molecule has 1 aromatic carbocycles. The second kappa shape index (κ2) is 5.30. The Hall–Kier alpha value is -1.84. The predicted molar refractivity (Wildman–Crippen MR) is 56.4 cm³/mol. The minimum Gasteiger partial charge on any atom is -0.478 e. The largest absolute Gasteiger partial charge is 0.478 e. The zero-order chi connectivity index (χ0) is 12.9. The Balaban J connectivity index is 0.000000385. The molecule has 0 aliphatic carbocycles. The molecule has 1 rings (SSSR count). The lowest BCUT2D eigenvalue weighted by molar-refractivity contribution is 0.0698. The molecule has 0 bridgehead atoms. The van der Waals surface area contributed by atoms with E-state index >= 15 is 0 Å². The fourth-order valence-corrected chi connectivity index (χ4v) is 0.776. The van der Waals surface area contributed by atoms with Gasteiger partial charge in [-0.3, -0.25) is 9.11 Å². The van der Waals surface area contributed by atoms with Crippen LogP contribution in [0, 0.1) is 0 Å². The summed E-state index contributed by atoms with van der Waals surface area (Å²) in [4.78, 5) is 10.4. The van der Waals surface area contributed by atoms with Crippen LogP contribution in [0.25, 0.3) is 0 Å². The van der Waals surface area contributed by atoms with Crippen LogP contribution in [0.4, 0.5) is 11.4 Å². The van der Waals surface area contributed by atoms with Gasteiger partial charge in [0.05, 0.1) is 5.56 Å². The van der Waals surface area contributed by atoms with Crippen LogP contribution < -0.4 is 11.5 Å². The Morgan fingerprint density at radius 1 is 1.19 bits per heavy atom. The third kappa shape index (κ3) is 6.59. The fraction of sp³-hybridized carbons (Fsp3) is 0. The predicted octanol–water partition coefficient (Wildman–Crippen LogP) is -0.104. The molecule has 1 aromatic rings. The normalized spacial score (nSPS) is 10.1. The Labute approximate surface area is 91.1 Å². The van der Waals surface area contributed by atoms with Gasteiger partial charge in [0.1, 0.15) is 0 Å². The highest BCUT2D eigenvalue weighted by atomic mass is 32.3. The maximum Gasteiger partial charge on any atom is 0.394 e. The SMILES string of the molecule is Nc1ccc(C(=O)O)c(N)c1.O=S(=O)(O)O. The van der Waals surface area contributed by atoms with Crippen molar-refractivity contribution in [2.24, 2.45) is 0 Å². The lowest BCUT2D eigenvalue weighted by Crippen LogP contribution is -2.02. The van der Waals surface area contributed by atoms with E-state index in [0.717, 1.165) is 0 Å². The van der Waals surface area contributed by atoms with Crippen molar-refractivity contribution in [3.63, 3.8) is 0 Å². The van der Waals surface area contributed by atoms with Crippen molar-refractivity contribution in [3.05, 3.63) is 23.8 Å². The molecule has 0 aliphatic heterocycles. The van der Waals surface area contributed by atoms with E-state index in [0.29, 0.717) is 5.69 Å². The van der Waals surface area contributed by atoms with Crippen LogP contribution in [-0.2, 0) is 10.4 Å². The van der Waals surface area contributed by atoms with Crippen molar-refractivity contribution in [1.29, 1.82) is 0 Å². The average molecular weight is 250 g/mol. The van der Waals surface area contributed by atoms with E-state index in [1.54, 1.807) is 0 Å². The highest BCUT2D eigenvalue weighted by molar-refractivity contribution is 7.79. The molecule has 7 N–H and O–H groups in total. The molecule has 0 aliphatic rings. The molecule has 0 saturated carbocycles. The summed E-state index contributed by atoms with van der Waals surface area (Å²) < 4.78 is 31.6. The van der Waals surface area contributed by atoms with Crippen molar-refractivity contribution >= 4 is 27.7 Å². The summed E-state index contributed by atoms with van der Waals surface area (Å²) in [6, 6.07) is 4.30. The van der Waals surface area contributed by atoms with Gasteiger partial charge in [-0.15, -0.1) is 0 Å². The van der Waals surface area contributed by atoms with Crippen LogP contribution in [0.15, 0.2) is 18.2 Å². The van der Waals surface area contributed by atoms with E-state index in [1.165, 1.54) is 18.2 Å². The lowest BCUT2D eigenvalue weighted by Gasteiger charge is -1.99. The first-order chi connectivity index (χ1) is 7.11. The Morgan fingerprint density at radius 2 is 1.62 bits per heavy atom. The van der Waals surface area contributed by atoms with Gasteiger partial charge in [0, 0.05) is 11.4 Å². The summed E-state index contributed by atoms with van der Waals surface area (Å²) in [5.41, 5.74) is 11.5. The van der Waals surface area contributed by atoms with Crippen molar-refractivity contribution in [3.8, 4) is 0 Å². The van der Waals surface area contributed by atoms with Gasteiger partial charge >= 0.3 is 16.4 Å². The second-order valence-corrected chi connectivity index (χ2v) is 3.50. The van der Waals surface area contributed by atoms with Gasteiger partial charge in [-0.1, -0.05) is 0 Å². The molecule has 0 heterocycles. The molecule has 0 atom stereocenters. The van der Waals surface area contributed by atoms with Crippen molar-refractivity contribution < 1.29 is 27.4 Å². The van der Waals surface area contributed by atoms with Gasteiger partial charge in [-0.05, 0) is 18.2 Å². The highest BCUT2D eigenvalue weighted by Crippen LogP contribution is 2.14. The molecule has 0 fully saturated rings. The number of aromatic carboxylic acids is 1. The molecule has 16 heavy (non-hydrogen) atoms.